The number of urea groups is 1. The van der Waals surface area contributed by atoms with Gasteiger partial charge in [0.05, 0.1) is 34.1 Å². The zero-order valence-electron chi connectivity index (χ0n) is 20.4. The summed E-state index contributed by atoms with van der Waals surface area (Å²) < 4.78 is 27.9. The number of carbonyl (C=O) groups is 1. The van der Waals surface area contributed by atoms with Gasteiger partial charge in [-0.3, -0.25) is 9.58 Å². The number of hydrogen-bond acceptors (Lipinski definition) is 9. The number of hydrogen-bond donors (Lipinski definition) is 2. The highest BCUT2D eigenvalue weighted by Crippen LogP contribution is 2.32. The maximum absolute atomic E-state index is 12.5. The van der Waals surface area contributed by atoms with Crippen molar-refractivity contribution in [3.63, 3.8) is 0 Å². The van der Waals surface area contributed by atoms with Crippen LogP contribution < -0.4 is 15.5 Å². The predicted molar refractivity (Wildman–Crippen MR) is 137 cm³/mol. The van der Waals surface area contributed by atoms with Crippen LogP contribution in [0.25, 0.3) is 22.3 Å². The summed E-state index contributed by atoms with van der Waals surface area (Å²) in [5, 5.41) is 15.2. The van der Waals surface area contributed by atoms with Crippen LogP contribution in [0.3, 0.4) is 0 Å². The fraction of sp³-hybridized carbons (Fsp3) is 0.391. The molecule has 2 aliphatic rings. The van der Waals surface area contributed by atoms with E-state index in [1.165, 1.54) is 12.4 Å². The summed E-state index contributed by atoms with van der Waals surface area (Å²) in [4.78, 5) is 27.3. The molecule has 4 aromatic heterocycles. The summed E-state index contributed by atoms with van der Waals surface area (Å²) >= 11 is 0. The fourth-order valence-corrected chi connectivity index (χ4v) is 5.72. The highest BCUT2D eigenvalue weighted by Gasteiger charge is 2.37. The molecule has 1 aliphatic carbocycles. The van der Waals surface area contributed by atoms with Gasteiger partial charge in [0.1, 0.15) is 11.6 Å². The van der Waals surface area contributed by atoms with Crippen LogP contribution in [0.4, 0.5) is 22.2 Å². The van der Waals surface area contributed by atoms with Crippen LogP contribution in [0.2, 0.25) is 0 Å². The molecule has 5 heterocycles. The van der Waals surface area contributed by atoms with Crippen LogP contribution in [-0.4, -0.2) is 66.7 Å². The fourth-order valence-electron chi connectivity index (χ4n) is 4.24. The quantitative estimate of drug-likeness (QED) is 0.355. The average molecular weight is 523 g/mol. The third kappa shape index (κ3) is 4.16. The van der Waals surface area contributed by atoms with Gasteiger partial charge >= 0.3 is 6.03 Å². The van der Waals surface area contributed by atoms with Gasteiger partial charge in [0.15, 0.2) is 11.6 Å². The summed E-state index contributed by atoms with van der Waals surface area (Å²) in [5.74, 6) is 1.97. The van der Waals surface area contributed by atoms with Gasteiger partial charge in [-0.2, -0.15) is 14.3 Å². The number of pyridine rings is 1. The molecule has 37 heavy (non-hydrogen) atoms. The van der Waals surface area contributed by atoms with Crippen molar-refractivity contribution in [3.8, 4) is 11.4 Å². The summed E-state index contributed by atoms with van der Waals surface area (Å²) in [6.45, 7) is 5.29. The zero-order chi connectivity index (χ0) is 25.7. The molecule has 13 nitrogen and oxygen atoms in total. The maximum Gasteiger partial charge on any atom is 0.323 e. The van der Waals surface area contributed by atoms with E-state index in [0.717, 1.165) is 21.4 Å². The van der Waals surface area contributed by atoms with Crippen molar-refractivity contribution >= 4 is 44.4 Å². The molecule has 2 N–H and O–H groups in total. The lowest BCUT2D eigenvalue weighted by atomic mass is 10.2. The Bertz CT molecular complexity index is 1610. The van der Waals surface area contributed by atoms with Crippen LogP contribution >= 0.6 is 0 Å². The first-order chi connectivity index (χ1) is 17.8. The lowest BCUT2D eigenvalue weighted by molar-refractivity contribution is 0.252. The highest BCUT2D eigenvalue weighted by molar-refractivity contribution is 7.90. The van der Waals surface area contributed by atoms with E-state index in [1.807, 2.05) is 10.7 Å². The molecule has 0 spiro atoms. The van der Waals surface area contributed by atoms with Crippen molar-refractivity contribution in [2.75, 3.05) is 23.3 Å². The summed E-state index contributed by atoms with van der Waals surface area (Å²) in [6.07, 6.45) is 8.37. The second kappa shape index (κ2) is 8.80. The van der Waals surface area contributed by atoms with Crippen molar-refractivity contribution in [1.82, 2.24) is 39.2 Å². The minimum Gasteiger partial charge on any atom is -0.336 e. The minimum absolute atomic E-state index is 0.117. The van der Waals surface area contributed by atoms with Crippen molar-refractivity contribution in [2.24, 2.45) is 0 Å². The van der Waals surface area contributed by atoms with Crippen LogP contribution in [0.1, 0.15) is 39.2 Å². The monoisotopic (exact) mass is 522 g/mol. The van der Waals surface area contributed by atoms with Gasteiger partial charge in [-0.25, -0.2) is 28.2 Å². The molecule has 0 aromatic carbocycles. The molecule has 1 atom stereocenters. The van der Waals surface area contributed by atoms with E-state index in [0.29, 0.717) is 54.8 Å². The number of nitrogens with one attached hydrogen (secondary N) is 2. The lowest BCUT2D eigenvalue weighted by Crippen LogP contribution is -2.28. The Kier molecular flexibility index (Phi) is 5.55. The Morgan fingerprint density at radius 3 is 2.78 bits per heavy atom. The van der Waals surface area contributed by atoms with Crippen LogP contribution in [-0.2, 0) is 10.0 Å². The van der Waals surface area contributed by atoms with Crippen LogP contribution in [0, 0.1) is 0 Å². The molecule has 14 heteroatoms. The normalized spacial score (nSPS) is 16.8. The van der Waals surface area contributed by atoms with Crippen molar-refractivity contribution in [2.45, 2.75) is 44.4 Å². The van der Waals surface area contributed by atoms with Gasteiger partial charge in [0.2, 0.25) is 0 Å². The van der Waals surface area contributed by atoms with E-state index in [-0.39, 0.29) is 17.3 Å². The van der Waals surface area contributed by atoms with Gasteiger partial charge in [-0.1, -0.05) is 6.92 Å². The molecule has 1 unspecified atom stereocenters. The molecule has 2 amide bonds. The Morgan fingerprint density at radius 1 is 1.22 bits per heavy atom. The number of fused-ring (bicyclic) bond motifs is 1. The maximum atomic E-state index is 12.5. The number of rotatable bonds is 8. The summed E-state index contributed by atoms with van der Waals surface area (Å²) in [5.41, 5.74) is 1.35. The van der Waals surface area contributed by atoms with Crippen molar-refractivity contribution in [3.05, 3.63) is 36.9 Å². The molecule has 1 saturated heterocycles. The first kappa shape index (κ1) is 23.3. The standard InChI is InChI=1S/C23H26N10O3S/c1-3-14(2)33-18-10-20(26-12-17(18)22(30-33)31-9-8-25-23(31)34)28-19-6-7-24-21(29-19)15-11-27-32(13-15)37(35,36)16-4-5-16/h6-7,10-14,16H,3-5,8-9H2,1-2H3,(H,25,34)(H,24,26,28,29). The molecule has 0 bridgehead atoms. The van der Waals surface area contributed by atoms with Gasteiger partial charge < -0.3 is 10.6 Å². The molecule has 2 fully saturated rings. The SMILES string of the molecule is CCC(C)n1nc(N2CCNC2=O)c2cnc(Nc3ccnc(-c4cnn(S(=O)(=O)C5CC5)c4)n3)cc21. The third-order valence-corrected chi connectivity index (χ3v) is 8.66. The molecule has 1 saturated carbocycles. The Labute approximate surface area is 213 Å². The molecule has 192 valence electrons. The molecule has 6 rings (SSSR count). The zero-order valence-corrected chi connectivity index (χ0v) is 21.2. The average Bonchev–Trinajstić information content (AvgIpc) is 3.31. The minimum atomic E-state index is -3.47. The van der Waals surface area contributed by atoms with E-state index < -0.39 is 10.0 Å². The van der Waals surface area contributed by atoms with E-state index in [4.69, 9.17) is 5.10 Å². The lowest BCUT2D eigenvalue weighted by Gasteiger charge is -2.12. The number of amides is 2. The Hall–Kier alpha value is -4.07. The van der Waals surface area contributed by atoms with E-state index in [9.17, 15) is 13.2 Å². The molecular weight excluding hydrogens is 496 g/mol. The van der Waals surface area contributed by atoms with Gasteiger partial charge in [0.25, 0.3) is 10.0 Å². The van der Waals surface area contributed by atoms with Gasteiger partial charge in [-0.15, -0.1) is 0 Å². The first-order valence-corrected chi connectivity index (χ1v) is 13.7. The first-order valence-electron chi connectivity index (χ1n) is 12.2. The largest absolute Gasteiger partial charge is 0.336 e. The number of nitrogens with zero attached hydrogens (tertiary/aromatic N) is 8. The second-order valence-corrected chi connectivity index (χ2v) is 11.3. The van der Waals surface area contributed by atoms with Gasteiger partial charge in [-0.05, 0) is 32.3 Å². The number of aromatic nitrogens is 7. The van der Waals surface area contributed by atoms with Gasteiger partial charge in [0, 0.05) is 37.6 Å². The number of anilines is 3. The Balaban J connectivity index is 1.31. The molecule has 1 aliphatic heterocycles. The highest BCUT2D eigenvalue weighted by atomic mass is 32.2. The molecule has 4 aromatic rings. The van der Waals surface area contributed by atoms with Crippen LogP contribution in [0.15, 0.2) is 36.9 Å². The Morgan fingerprint density at radius 2 is 2.05 bits per heavy atom. The van der Waals surface area contributed by atoms with E-state index >= 15 is 0 Å². The summed E-state index contributed by atoms with van der Waals surface area (Å²) in [7, 11) is -3.47. The summed E-state index contributed by atoms with van der Waals surface area (Å²) in [6, 6.07) is 3.53. The number of carbonyl (C=O) groups excluding carboxylic acids is 1. The molecule has 0 radical (unpaired) electrons. The van der Waals surface area contributed by atoms with Crippen molar-refractivity contribution in [1.29, 1.82) is 0 Å². The second-order valence-electron chi connectivity index (χ2n) is 9.23. The van der Waals surface area contributed by atoms with E-state index in [1.54, 1.807) is 23.4 Å². The van der Waals surface area contributed by atoms with E-state index in [2.05, 4.69) is 44.5 Å². The third-order valence-electron chi connectivity index (χ3n) is 6.63. The molecular formula is C23H26N10O3S. The predicted octanol–water partition coefficient (Wildman–Crippen LogP) is 2.67. The van der Waals surface area contributed by atoms with Crippen LogP contribution in [0.5, 0.6) is 0 Å². The van der Waals surface area contributed by atoms with Crippen molar-refractivity contribution < 1.29 is 13.2 Å². The smallest absolute Gasteiger partial charge is 0.323 e. The topological polar surface area (TPSA) is 153 Å².